The van der Waals surface area contributed by atoms with Gasteiger partial charge in [-0.15, -0.1) is 0 Å². The highest BCUT2D eigenvalue weighted by molar-refractivity contribution is 6.05. The molecule has 7 aromatic carbocycles. The molecule has 1 heteroatoms. The van der Waals surface area contributed by atoms with E-state index in [0.29, 0.717) is 0 Å². The van der Waals surface area contributed by atoms with Crippen LogP contribution in [-0.4, -0.2) is 0 Å². The molecule has 0 spiro atoms. The van der Waals surface area contributed by atoms with E-state index in [4.69, 9.17) is 0 Å². The molecule has 0 aliphatic heterocycles. The Morgan fingerprint density at radius 2 is 1.07 bits per heavy atom. The lowest BCUT2D eigenvalue weighted by Gasteiger charge is -2.28. The van der Waals surface area contributed by atoms with Crippen molar-refractivity contribution in [3.63, 3.8) is 0 Å². The predicted octanol–water partition coefficient (Wildman–Crippen LogP) is 11.4. The van der Waals surface area contributed by atoms with Crippen molar-refractivity contribution in [2.24, 2.45) is 0 Å². The van der Waals surface area contributed by atoms with Crippen LogP contribution in [0.5, 0.6) is 0 Å². The molecule has 0 amide bonds. The number of rotatable bonds is 4. The normalized spacial score (nSPS) is 13.2. The van der Waals surface area contributed by atoms with E-state index in [1.165, 1.54) is 60.6 Å². The van der Waals surface area contributed by atoms with E-state index in [1.807, 2.05) is 0 Å². The average molecular weight is 538 g/mol. The quantitative estimate of drug-likeness (QED) is 0.216. The molecule has 0 atom stereocenters. The first kappa shape index (κ1) is 24.6. The summed E-state index contributed by atoms with van der Waals surface area (Å²) in [6, 6.07) is 55.3. The summed E-state index contributed by atoms with van der Waals surface area (Å²) < 4.78 is 0. The van der Waals surface area contributed by atoms with Gasteiger partial charge in [-0.1, -0.05) is 123 Å². The van der Waals surface area contributed by atoms with Crippen molar-refractivity contribution in [3.8, 4) is 22.3 Å². The zero-order chi connectivity index (χ0) is 28.3. The Balaban J connectivity index is 1.37. The third kappa shape index (κ3) is 3.78. The van der Waals surface area contributed by atoms with Crippen molar-refractivity contribution < 1.29 is 0 Å². The molecule has 0 saturated heterocycles. The van der Waals surface area contributed by atoms with Gasteiger partial charge >= 0.3 is 0 Å². The number of para-hydroxylation sites is 1. The summed E-state index contributed by atoms with van der Waals surface area (Å²) in [5, 5.41) is 5.12. The van der Waals surface area contributed by atoms with Crippen LogP contribution in [0.1, 0.15) is 25.0 Å². The molecule has 0 unspecified atom stereocenters. The lowest BCUT2D eigenvalue weighted by molar-refractivity contribution is 0.666. The zero-order valence-electron chi connectivity index (χ0n) is 23.9. The summed E-state index contributed by atoms with van der Waals surface area (Å²) >= 11 is 0. The second-order valence-electron chi connectivity index (χ2n) is 11.8. The van der Waals surface area contributed by atoms with Gasteiger partial charge in [-0.25, -0.2) is 0 Å². The fourth-order valence-electron chi connectivity index (χ4n) is 7.00. The third-order valence-corrected chi connectivity index (χ3v) is 8.97. The van der Waals surface area contributed by atoms with Crippen LogP contribution in [0.3, 0.4) is 0 Å². The largest absolute Gasteiger partial charge is 0.310 e. The van der Waals surface area contributed by atoms with Crippen LogP contribution in [0.15, 0.2) is 152 Å². The van der Waals surface area contributed by atoms with Crippen molar-refractivity contribution in [2.45, 2.75) is 19.3 Å². The summed E-state index contributed by atoms with van der Waals surface area (Å²) in [4.78, 5) is 2.39. The van der Waals surface area contributed by atoms with E-state index < -0.39 is 0 Å². The summed E-state index contributed by atoms with van der Waals surface area (Å²) in [5.74, 6) is 0. The number of hydrogen-bond donors (Lipinski definition) is 0. The standard InChI is InChI=1S/C41H31N/c1-41(2)38-27-34(42(32-18-7-4-8-19-32)33-22-21-28-13-9-10-16-30(28)25-33)23-24-36(38)39-37(29-14-5-3-6-15-29)26-31-17-11-12-20-35(31)40(39)41/h3-27H,1-2H3. The molecule has 1 nitrogen and oxygen atoms in total. The van der Waals surface area contributed by atoms with Gasteiger partial charge in [0.1, 0.15) is 0 Å². The molecule has 0 aromatic heterocycles. The summed E-state index contributed by atoms with van der Waals surface area (Å²) in [7, 11) is 0. The Bertz CT molecular complexity index is 2110. The second kappa shape index (κ2) is 9.46. The Hall–Kier alpha value is -5.14. The Morgan fingerprint density at radius 1 is 0.452 bits per heavy atom. The lowest BCUT2D eigenvalue weighted by atomic mass is 9.79. The molecule has 0 radical (unpaired) electrons. The highest BCUT2D eigenvalue weighted by atomic mass is 15.1. The van der Waals surface area contributed by atoms with Crippen LogP contribution in [0.4, 0.5) is 17.1 Å². The zero-order valence-corrected chi connectivity index (χ0v) is 23.9. The molecule has 0 heterocycles. The Labute approximate surface area is 247 Å². The maximum atomic E-state index is 2.43. The number of nitrogens with zero attached hydrogens (tertiary/aromatic N) is 1. The van der Waals surface area contributed by atoms with Crippen molar-refractivity contribution in [1.82, 2.24) is 0 Å². The summed E-state index contributed by atoms with van der Waals surface area (Å²) in [5.41, 5.74) is 11.3. The fraction of sp³-hybridized carbons (Fsp3) is 0.0732. The van der Waals surface area contributed by atoms with Gasteiger partial charge in [0.15, 0.2) is 0 Å². The van der Waals surface area contributed by atoms with E-state index >= 15 is 0 Å². The number of benzene rings is 7. The maximum absolute atomic E-state index is 2.43. The third-order valence-electron chi connectivity index (χ3n) is 8.97. The van der Waals surface area contributed by atoms with E-state index in [1.54, 1.807) is 0 Å². The first-order chi connectivity index (χ1) is 20.6. The Kier molecular flexibility index (Phi) is 5.55. The molecule has 0 saturated carbocycles. The van der Waals surface area contributed by atoms with Crippen molar-refractivity contribution in [1.29, 1.82) is 0 Å². The molecular formula is C41H31N. The Morgan fingerprint density at radius 3 is 1.86 bits per heavy atom. The number of fused-ring (bicyclic) bond motifs is 6. The molecular weight excluding hydrogens is 506 g/mol. The van der Waals surface area contributed by atoms with Crippen molar-refractivity contribution >= 4 is 38.6 Å². The maximum Gasteiger partial charge on any atom is 0.0468 e. The first-order valence-corrected chi connectivity index (χ1v) is 14.7. The topological polar surface area (TPSA) is 3.24 Å². The van der Waals surface area contributed by atoms with Gasteiger partial charge in [-0.05, 0) is 97.4 Å². The molecule has 1 aliphatic rings. The summed E-state index contributed by atoms with van der Waals surface area (Å²) in [6.45, 7) is 4.79. The van der Waals surface area contributed by atoms with Crippen LogP contribution < -0.4 is 4.90 Å². The second-order valence-corrected chi connectivity index (χ2v) is 11.8. The van der Waals surface area contributed by atoms with Gasteiger partial charge in [0, 0.05) is 22.5 Å². The smallest absolute Gasteiger partial charge is 0.0468 e. The molecule has 0 N–H and O–H groups in total. The van der Waals surface area contributed by atoms with Gasteiger partial charge in [-0.3, -0.25) is 0 Å². The SMILES string of the molecule is CC1(C)c2cc(N(c3ccccc3)c3ccc4ccccc4c3)ccc2-c2c(-c3ccccc3)cc3ccccc3c21. The van der Waals surface area contributed by atoms with Crippen LogP contribution in [0.2, 0.25) is 0 Å². The molecule has 8 rings (SSSR count). The van der Waals surface area contributed by atoms with Gasteiger partial charge in [-0.2, -0.15) is 0 Å². The fourth-order valence-corrected chi connectivity index (χ4v) is 7.00. The van der Waals surface area contributed by atoms with Gasteiger partial charge in [0.05, 0.1) is 0 Å². The number of anilines is 3. The van der Waals surface area contributed by atoms with Crippen molar-refractivity contribution in [2.75, 3.05) is 4.90 Å². The average Bonchev–Trinajstić information content (AvgIpc) is 3.28. The van der Waals surface area contributed by atoms with Crippen LogP contribution >= 0.6 is 0 Å². The monoisotopic (exact) mass is 537 g/mol. The molecule has 0 bridgehead atoms. The lowest BCUT2D eigenvalue weighted by Crippen LogP contribution is -2.17. The molecule has 1 aliphatic carbocycles. The minimum atomic E-state index is -0.170. The summed E-state index contributed by atoms with van der Waals surface area (Å²) in [6.07, 6.45) is 0. The minimum Gasteiger partial charge on any atom is -0.310 e. The molecule has 200 valence electrons. The molecule has 42 heavy (non-hydrogen) atoms. The van der Waals surface area contributed by atoms with E-state index in [-0.39, 0.29) is 5.41 Å². The molecule has 0 fully saturated rings. The van der Waals surface area contributed by atoms with E-state index in [2.05, 4.69) is 170 Å². The van der Waals surface area contributed by atoms with E-state index in [0.717, 1.165) is 11.4 Å². The van der Waals surface area contributed by atoms with Crippen LogP contribution in [0.25, 0.3) is 43.8 Å². The predicted molar refractivity (Wildman–Crippen MR) is 179 cm³/mol. The first-order valence-electron chi connectivity index (χ1n) is 14.7. The van der Waals surface area contributed by atoms with Crippen LogP contribution in [-0.2, 0) is 5.41 Å². The van der Waals surface area contributed by atoms with Crippen molar-refractivity contribution in [3.05, 3.63) is 163 Å². The van der Waals surface area contributed by atoms with Gasteiger partial charge in [0.25, 0.3) is 0 Å². The van der Waals surface area contributed by atoms with E-state index in [9.17, 15) is 0 Å². The number of hydrogen-bond acceptors (Lipinski definition) is 1. The highest BCUT2D eigenvalue weighted by Crippen LogP contribution is 2.56. The molecule has 7 aromatic rings. The minimum absolute atomic E-state index is 0.170. The highest BCUT2D eigenvalue weighted by Gasteiger charge is 2.39. The van der Waals surface area contributed by atoms with Crippen LogP contribution in [0, 0.1) is 0 Å². The van der Waals surface area contributed by atoms with Gasteiger partial charge in [0.2, 0.25) is 0 Å². The van der Waals surface area contributed by atoms with Gasteiger partial charge < -0.3 is 4.90 Å².